The van der Waals surface area contributed by atoms with Gasteiger partial charge in [0, 0.05) is 23.4 Å². The van der Waals surface area contributed by atoms with E-state index in [2.05, 4.69) is 5.32 Å². The van der Waals surface area contributed by atoms with Crippen LogP contribution in [-0.2, 0) is 4.79 Å². The zero-order valence-electron chi connectivity index (χ0n) is 12.7. The van der Waals surface area contributed by atoms with E-state index in [0.717, 1.165) is 0 Å². The van der Waals surface area contributed by atoms with Gasteiger partial charge >= 0.3 is 0 Å². The van der Waals surface area contributed by atoms with Crippen LogP contribution in [0.25, 0.3) is 6.08 Å². The van der Waals surface area contributed by atoms with Crippen molar-refractivity contribution in [1.29, 1.82) is 5.26 Å². The molecule has 24 heavy (non-hydrogen) atoms. The monoisotopic (exact) mass is 323 g/mol. The first-order valence-electron chi connectivity index (χ1n) is 6.85. The van der Waals surface area contributed by atoms with Gasteiger partial charge in [-0.15, -0.1) is 0 Å². The average molecular weight is 323 g/mol. The third kappa shape index (κ3) is 3.96. The maximum absolute atomic E-state index is 12.2. The second-order valence-electron chi connectivity index (χ2n) is 4.67. The van der Waals surface area contributed by atoms with E-state index < -0.39 is 10.8 Å². The van der Waals surface area contributed by atoms with Gasteiger partial charge in [0.1, 0.15) is 17.4 Å². The average Bonchev–Trinajstić information content (AvgIpc) is 2.60. The van der Waals surface area contributed by atoms with Crippen molar-refractivity contribution in [3.05, 3.63) is 69.8 Å². The summed E-state index contributed by atoms with van der Waals surface area (Å²) in [6.45, 7) is 0. The van der Waals surface area contributed by atoms with Gasteiger partial charge in [-0.1, -0.05) is 24.3 Å². The molecule has 1 N–H and O–H groups in total. The number of anilines is 1. The van der Waals surface area contributed by atoms with Crippen molar-refractivity contribution in [2.75, 3.05) is 12.4 Å². The minimum atomic E-state index is -0.663. The molecule has 0 saturated heterocycles. The molecule has 0 spiro atoms. The summed E-state index contributed by atoms with van der Waals surface area (Å²) < 4.78 is 5.17. The number of hydrogen-bond acceptors (Lipinski definition) is 5. The Morgan fingerprint density at radius 3 is 2.71 bits per heavy atom. The lowest BCUT2D eigenvalue weighted by molar-refractivity contribution is -0.384. The highest BCUT2D eigenvalue weighted by Crippen LogP contribution is 2.21. The summed E-state index contributed by atoms with van der Waals surface area (Å²) in [7, 11) is 1.49. The number of nitriles is 1. The van der Waals surface area contributed by atoms with Gasteiger partial charge in [-0.3, -0.25) is 14.9 Å². The van der Waals surface area contributed by atoms with Gasteiger partial charge in [-0.2, -0.15) is 5.26 Å². The van der Waals surface area contributed by atoms with Crippen molar-refractivity contribution in [2.24, 2.45) is 0 Å². The number of para-hydroxylation sites is 1. The molecule has 0 heterocycles. The topological polar surface area (TPSA) is 105 Å². The van der Waals surface area contributed by atoms with Crippen LogP contribution >= 0.6 is 0 Å². The summed E-state index contributed by atoms with van der Waals surface area (Å²) in [6.07, 6.45) is 1.39. The first kappa shape index (κ1) is 16.7. The summed E-state index contributed by atoms with van der Waals surface area (Å²) in [4.78, 5) is 22.4. The molecular formula is C17H13N3O4. The molecule has 0 atom stereocenters. The summed E-state index contributed by atoms with van der Waals surface area (Å²) in [6, 6.07) is 14.2. The van der Waals surface area contributed by atoms with Gasteiger partial charge in [-0.05, 0) is 18.2 Å². The number of nitrogens with zero attached hydrogens (tertiary/aromatic N) is 2. The summed E-state index contributed by atoms with van der Waals surface area (Å²) >= 11 is 0. The van der Waals surface area contributed by atoms with Crippen molar-refractivity contribution < 1.29 is 14.5 Å². The van der Waals surface area contributed by atoms with Crippen LogP contribution in [0.2, 0.25) is 0 Å². The van der Waals surface area contributed by atoms with E-state index in [1.807, 2.05) is 6.07 Å². The number of nitrogens with one attached hydrogen (secondary N) is 1. The fourth-order valence-electron chi connectivity index (χ4n) is 1.99. The minimum Gasteiger partial charge on any atom is -0.496 e. The predicted octanol–water partition coefficient (Wildman–Crippen LogP) is 3.15. The first-order valence-corrected chi connectivity index (χ1v) is 6.85. The lowest BCUT2D eigenvalue weighted by Gasteiger charge is -2.06. The highest BCUT2D eigenvalue weighted by atomic mass is 16.6. The zero-order chi connectivity index (χ0) is 17.5. The SMILES string of the molecule is COc1ccccc1/C=C(/C#N)C(=O)Nc1cccc([N+](=O)[O-])c1. The molecule has 0 radical (unpaired) electrons. The van der Waals surface area contributed by atoms with E-state index in [1.165, 1.54) is 37.5 Å². The van der Waals surface area contributed by atoms with Crippen molar-refractivity contribution in [2.45, 2.75) is 0 Å². The number of amides is 1. The molecule has 120 valence electrons. The van der Waals surface area contributed by atoms with E-state index in [9.17, 15) is 20.2 Å². The third-order valence-electron chi connectivity index (χ3n) is 3.12. The molecule has 0 fully saturated rings. The number of nitro benzene ring substituents is 1. The lowest BCUT2D eigenvalue weighted by atomic mass is 10.1. The van der Waals surface area contributed by atoms with Crippen molar-refractivity contribution in [3.8, 4) is 11.8 Å². The second kappa shape index (κ2) is 7.56. The van der Waals surface area contributed by atoms with Gasteiger partial charge in [0.15, 0.2) is 0 Å². The second-order valence-corrected chi connectivity index (χ2v) is 4.67. The molecular weight excluding hydrogens is 310 g/mol. The minimum absolute atomic E-state index is 0.147. The number of ether oxygens (including phenoxy) is 1. The Balaban J connectivity index is 2.27. The lowest BCUT2D eigenvalue weighted by Crippen LogP contribution is -2.13. The standard InChI is InChI=1S/C17H13N3O4/c1-24-16-8-3-2-5-12(16)9-13(11-18)17(21)19-14-6-4-7-15(10-14)20(22)23/h2-10H,1H3,(H,19,21)/b13-9-. The number of non-ortho nitro benzene ring substituents is 1. The predicted molar refractivity (Wildman–Crippen MR) is 88.3 cm³/mol. The molecule has 0 aliphatic carbocycles. The number of nitro groups is 1. The molecule has 2 aromatic carbocycles. The van der Waals surface area contributed by atoms with Gasteiger partial charge < -0.3 is 10.1 Å². The molecule has 2 rings (SSSR count). The van der Waals surface area contributed by atoms with E-state index in [1.54, 1.807) is 24.3 Å². The summed E-state index contributed by atoms with van der Waals surface area (Å²) in [5.74, 6) is -0.141. The molecule has 2 aromatic rings. The number of rotatable bonds is 5. The maximum Gasteiger partial charge on any atom is 0.271 e. The van der Waals surface area contributed by atoms with Crippen LogP contribution in [0.3, 0.4) is 0 Å². The van der Waals surface area contributed by atoms with Crippen molar-refractivity contribution in [1.82, 2.24) is 0 Å². The summed E-state index contributed by atoms with van der Waals surface area (Å²) in [5, 5.41) is 22.4. The molecule has 7 heteroatoms. The van der Waals surface area contributed by atoms with Crippen molar-refractivity contribution in [3.63, 3.8) is 0 Å². The number of carbonyl (C=O) groups excluding carboxylic acids is 1. The van der Waals surface area contributed by atoms with Crippen LogP contribution in [0.1, 0.15) is 5.56 Å². The Morgan fingerprint density at radius 1 is 1.29 bits per heavy atom. The highest BCUT2D eigenvalue weighted by Gasteiger charge is 2.13. The van der Waals surface area contributed by atoms with Gasteiger partial charge in [0.25, 0.3) is 11.6 Å². The number of hydrogen-bond donors (Lipinski definition) is 1. The maximum atomic E-state index is 12.2. The van der Waals surface area contributed by atoms with Crippen LogP contribution in [0.4, 0.5) is 11.4 Å². The molecule has 0 aliphatic heterocycles. The van der Waals surface area contributed by atoms with Gasteiger partial charge in [0.2, 0.25) is 0 Å². The Kier molecular flexibility index (Phi) is 5.26. The van der Waals surface area contributed by atoms with Crippen LogP contribution in [0.5, 0.6) is 5.75 Å². The molecule has 0 bridgehead atoms. The highest BCUT2D eigenvalue weighted by molar-refractivity contribution is 6.09. The summed E-state index contributed by atoms with van der Waals surface area (Å²) in [5.41, 5.74) is 0.507. The quantitative estimate of drug-likeness (QED) is 0.394. The molecule has 1 amide bonds. The Morgan fingerprint density at radius 2 is 2.04 bits per heavy atom. The Labute approximate surface area is 137 Å². The smallest absolute Gasteiger partial charge is 0.271 e. The zero-order valence-corrected chi connectivity index (χ0v) is 12.7. The van der Waals surface area contributed by atoms with Crippen LogP contribution < -0.4 is 10.1 Å². The molecule has 0 aliphatic rings. The molecule has 0 saturated carbocycles. The van der Waals surface area contributed by atoms with Gasteiger partial charge in [0.05, 0.1) is 12.0 Å². The van der Waals surface area contributed by atoms with E-state index in [0.29, 0.717) is 11.3 Å². The third-order valence-corrected chi connectivity index (χ3v) is 3.12. The fraction of sp³-hybridized carbons (Fsp3) is 0.0588. The number of methoxy groups -OCH3 is 1. The van der Waals surface area contributed by atoms with E-state index in [4.69, 9.17) is 4.74 Å². The Hall–Kier alpha value is -3.66. The van der Waals surface area contributed by atoms with Crippen LogP contribution in [0.15, 0.2) is 54.1 Å². The largest absolute Gasteiger partial charge is 0.496 e. The fourth-order valence-corrected chi connectivity index (χ4v) is 1.99. The Bertz CT molecular complexity index is 853. The number of benzene rings is 2. The van der Waals surface area contributed by atoms with E-state index >= 15 is 0 Å². The molecule has 0 aromatic heterocycles. The van der Waals surface area contributed by atoms with Crippen LogP contribution in [-0.4, -0.2) is 17.9 Å². The molecule has 7 nitrogen and oxygen atoms in total. The molecule has 0 unspecified atom stereocenters. The van der Waals surface area contributed by atoms with Gasteiger partial charge in [-0.25, -0.2) is 0 Å². The first-order chi connectivity index (χ1) is 11.5. The van der Waals surface area contributed by atoms with Crippen molar-refractivity contribution >= 4 is 23.4 Å². The van der Waals surface area contributed by atoms with E-state index in [-0.39, 0.29) is 16.9 Å². The van der Waals surface area contributed by atoms with Crippen LogP contribution in [0, 0.1) is 21.4 Å². The normalized spacial score (nSPS) is 10.6. The number of carbonyl (C=O) groups is 1.